The molecular weight excluding hydrogens is 303 g/mol. The molecule has 2 aromatic carbocycles. The van der Waals surface area contributed by atoms with Crippen molar-refractivity contribution in [3.05, 3.63) is 75.9 Å². The van der Waals surface area contributed by atoms with E-state index in [0.717, 1.165) is 22.0 Å². The highest BCUT2D eigenvalue weighted by Crippen LogP contribution is 2.31. The molecule has 0 bridgehead atoms. The highest BCUT2D eigenvalue weighted by atomic mass is 35.5. The average molecular weight is 317 g/mol. The molecule has 0 amide bonds. The van der Waals surface area contributed by atoms with Crippen LogP contribution in [0.4, 0.5) is 0 Å². The predicted molar refractivity (Wildman–Crippen MR) is 89.1 cm³/mol. The zero-order valence-corrected chi connectivity index (χ0v) is 13.0. The molecule has 0 radical (unpaired) electrons. The molecule has 0 aliphatic rings. The Morgan fingerprint density at radius 1 is 1.00 bits per heavy atom. The lowest BCUT2D eigenvalue weighted by Gasteiger charge is -2.19. The van der Waals surface area contributed by atoms with Gasteiger partial charge in [-0.2, -0.15) is 0 Å². The van der Waals surface area contributed by atoms with Crippen LogP contribution in [0, 0.1) is 0 Å². The summed E-state index contributed by atoms with van der Waals surface area (Å²) in [7, 11) is 1.93. The van der Waals surface area contributed by atoms with E-state index in [9.17, 15) is 0 Å². The number of aromatic nitrogens is 1. The first-order valence-corrected chi connectivity index (χ1v) is 7.41. The van der Waals surface area contributed by atoms with Gasteiger partial charge in [0.25, 0.3) is 0 Å². The predicted octanol–water partition coefficient (Wildman–Crippen LogP) is 4.85. The largest absolute Gasteiger partial charge is 0.309 e. The summed E-state index contributed by atoms with van der Waals surface area (Å²) in [5.74, 6) is 0. The lowest BCUT2D eigenvalue weighted by molar-refractivity contribution is 0.697. The molecule has 1 atom stereocenters. The minimum atomic E-state index is 0.00843. The molecule has 0 aliphatic heterocycles. The van der Waals surface area contributed by atoms with Crippen LogP contribution in [0.1, 0.15) is 17.2 Å². The fraction of sp³-hybridized carbons (Fsp3) is 0.118. The van der Waals surface area contributed by atoms with Crippen LogP contribution in [0.2, 0.25) is 10.0 Å². The fourth-order valence-corrected chi connectivity index (χ4v) is 3.17. The summed E-state index contributed by atoms with van der Waals surface area (Å²) < 4.78 is 0. The van der Waals surface area contributed by atoms with E-state index in [1.54, 1.807) is 12.3 Å². The first kappa shape index (κ1) is 14.3. The summed E-state index contributed by atoms with van der Waals surface area (Å²) >= 11 is 12.3. The first-order valence-electron chi connectivity index (χ1n) is 6.66. The second-order valence-corrected chi connectivity index (χ2v) is 5.71. The van der Waals surface area contributed by atoms with Crippen molar-refractivity contribution >= 4 is 34.1 Å². The van der Waals surface area contributed by atoms with Gasteiger partial charge in [-0.1, -0.05) is 41.4 Å². The van der Waals surface area contributed by atoms with Gasteiger partial charge in [-0.3, -0.25) is 4.98 Å². The Kier molecular flexibility index (Phi) is 4.11. The van der Waals surface area contributed by atoms with Crippen molar-refractivity contribution in [1.82, 2.24) is 10.3 Å². The standard InChI is InChI=1S/C17H14Cl2N2/c1-20-17(11-8-12(18)10-13(19)9-11)15-4-2-6-16-14(15)5-3-7-21-16/h2-10,17,20H,1H3. The average Bonchev–Trinajstić information content (AvgIpc) is 2.47. The van der Waals surface area contributed by atoms with Crippen molar-refractivity contribution in [2.24, 2.45) is 0 Å². The number of nitrogens with zero attached hydrogens (tertiary/aromatic N) is 1. The number of hydrogen-bond acceptors (Lipinski definition) is 2. The smallest absolute Gasteiger partial charge is 0.0705 e. The summed E-state index contributed by atoms with van der Waals surface area (Å²) in [6.07, 6.45) is 1.80. The van der Waals surface area contributed by atoms with Crippen molar-refractivity contribution in [2.75, 3.05) is 7.05 Å². The van der Waals surface area contributed by atoms with Gasteiger partial charge in [0, 0.05) is 21.6 Å². The lowest BCUT2D eigenvalue weighted by Crippen LogP contribution is -2.18. The van der Waals surface area contributed by atoms with Crippen LogP contribution < -0.4 is 5.32 Å². The molecule has 3 aromatic rings. The molecule has 0 saturated carbocycles. The van der Waals surface area contributed by atoms with Crippen LogP contribution in [0.3, 0.4) is 0 Å². The third kappa shape index (κ3) is 2.88. The van der Waals surface area contributed by atoms with Gasteiger partial charge in [-0.25, -0.2) is 0 Å². The van der Waals surface area contributed by atoms with Crippen LogP contribution in [0.15, 0.2) is 54.7 Å². The maximum absolute atomic E-state index is 6.13. The molecule has 0 aliphatic carbocycles. The summed E-state index contributed by atoms with van der Waals surface area (Å²) in [4.78, 5) is 4.41. The van der Waals surface area contributed by atoms with Gasteiger partial charge in [-0.05, 0) is 48.5 Å². The first-order chi connectivity index (χ1) is 10.2. The van der Waals surface area contributed by atoms with Crippen molar-refractivity contribution in [3.63, 3.8) is 0 Å². The number of rotatable bonds is 3. The summed E-state index contributed by atoms with van der Waals surface area (Å²) in [5, 5.41) is 5.73. The number of benzene rings is 2. The zero-order valence-electron chi connectivity index (χ0n) is 11.5. The van der Waals surface area contributed by atoms with Crippen LogP contribution in [-0.2, 0) is 0 Å². The van der Waals surface area contributed by atoms with Gasteiger partial charge >= 0.3 is 0 Å². The van der Waals surface area contributed by atoms with Gasteiger partial charge in [0.2, 0.25) is 0 Å². The van der Waals surface area contributed by atoms with Crippen LogP contribution in [0.5, 0.6) is 0 Å². The minimum absolute atomic E-state index is 0.00843. The molecule has 0 saturated heterocycles. The van der Waals surface area contributed by atoms with Gasteiger partial charge in [0.05, 0.1) is 11.6 Å². The summed E-state index contributed by atoms with van der Waals surface area (Å²) in [5.41, 5.74) is 3.16. The molecule has 3 rings (SSSR count). The molecule has 1 unspecified atom stereocenters. The highest BCUT2D eigenvalue weighted by molar-refractivity contribution is 6.34. The second kappa shape index (κ2) is 6.02. The molecule has 4 heteroatoms. The van der Waals surface area contributed by atoms with E-state index in [1.807, 2.05) is 37.4 Å². The Labute approximate surface area is 133 Å². The summed E-state index contributed by atoms with van der Waals surface area (Å²) in [6.45, 7) is 0. The SMILES string of the molecule is CNC(c1cc(Cl)cc(Cl)c1)c1cccc2ncccc12. The van der Waals surface area contributed by atoms with E-state index in [-0.39, 0.29) is 6.04 Å². The molecule has 1 aromatic heterocycles. The van der Waals surface area contributed by atoms with Crippen LogP contribution >= 0.6 is 23.2 Å². The van der Waals surface area contributed by atoms with E-state index in [4.69, 9.17) is 23.2 Å². The second-order valence-electron chi connectivity index (χ2n) is 4.84. The van der Waals surface area contributed by atoms with Crippen molar-refractivity contribution < 1.29 is 0 Å². The van der Waals surface area contributed by atoms with E-state index in [2.05, 4.69) is 22.4 Å². The lowest BCUT2D eigenvalue weighted by atomic mass is 9.95. The summed E-state index contributed by atoms with van der Waals surface area (Å²) in [6, 6.07) is 15.8. The molecule has 2 nitrogen and oxygen atoms in total. The van der Waals surface area contributed by atoms with Gasteiger partial charge in [-0.15, -0.1) is 0 Å². The van der Waals surface area contributed by atoms with Crippen LogP contribution in [-0.4, -0.2) is 12.0 Å². The van der Waals surface area contributed by atoms with Crippen LogP contribution in [0.25, 0.3) is 10.9 Å². The number of nitrogens with one attached hydrogen (secondary N) is 1. The quantitative estimate of drug-likeness (QED) is 0.747. The van der Waals surface area contributed by atoms with Gasteiger partial charge in [0.15, 0.2) is 0 Å². The Morgan fingerprint density at radius 2 is 1.76 bits per heavy atom. The number of halogens is 2. The monoisotopic (exact) mass is 316 g/mol. The topological polar surface area (TPSA) is 24.9 Å². The van der Waals surface area contributed by atoms with E-state index in [1.165, 1.54) is 0 Å². The zero-order chi connectivity index (χ0) is 14.8. The van der Waals surface area contributed by atoms with Gasteiger partial charge in [0.1, 0.15) is 0 Å². The number of pyridine rings is 1. The Morgan fingerprint density at radius 3 is 2.48 bits per heavy atom. The van der Waals surface area contributed by atoms with E-state index >= 15 is 0 Å². The molecule has 1 heterocycles. The Balaban J connectivity index is 2.18. The maximum atomic E-state index is 6.13. The Bertz CT molecular complexity index is 761. The molecule has 0 fully saturated rings. The molecule has 106 valence electrons. The maximum Gasteiger partial charge on any atom is 0.0705 e. The fourth-order valence-electron chi connectivity index (χ4n) is 2.62. The van der Waals surface area contributed by atoms with Gasteiger partial charge < -0.3 is 5.32 Å². The molecule has 21 heavy (non-hydrogen) atoms. The van der Waals surface area contributed by atoms with Crippen molar-refractivity contribution in [2.45, 2.75) is 6.04 Å². The Hall–Kier alpha value is -1.61. The highest BCUT2D eigenvalue weighted by Gasteiger charge is 2.16. The van der Waals surface area contributed by atoms with E-state index in [0.29, 0.717) is 10.0 Å². The third-order valence-corrected chi connectivity index (χ3v) is 3.93. The number of hydrogen-bond donors (Lipinski definition) is 1. The third-order valence-electron chi connectivity index (χ3n) is 3.50. The normalized spacial score (nSPS) is 12.5. The minimum Gasteiger partial charge on any atom is -0.309 e. The van der Waals surface area contributed by atoms with E-state index < -0.39 is 0 Å². The molecule has 1 N–H and O–H groups in total. The van der Waals surface area contributed by atoms with Crippen molar-refractivity contribution in [3.8, 4) is 0 Å². The molecule has 0 spiro atoms. The molecular formula is C17H14Cl2N2. The van der Waals surface area contributed by atoms with Crippen molar-refractivity contribution in [1.29, 1.82) is 0 Å². The number of fused-ring (bicyclic) bond motifs is 1.